The zero-order valence-electron chi connectivity index (χ0n) is 9.18. The first-order chi connectivity index (χ1) is 6.14. The van der Waals surface area contributed by atoms with Gasteiger partial charge in [0.25, 0.3) is 0 Å². The summed E-state index contributed by atoms with van der Waals surface area (Å²) in [5, 5.41) is 0. The summed E-state index contributed by atoms with van der Waals surface area (Å²) in [4.78, 5) is 2.57. The van der Waals surface area contributed by atoms with Crippen molar-refractivity contribution in [2.75, 3.05) is 26.2 Å². The second-order valence-corrected chi connectivity index (χ2v) is 5.00. The van der Waals surface area contributed by atoms with Crippen molar-refractivity contribution >= 4 is 0 Å². The minimum absolute atomic E-state index is 0.567. The van der Waals surface area contributed by atoms with Crippen LogP contribution >= 0.6 is 0 Å². The molecule has 2 N–H and O–H groups in total. The monoisotopic (exact) mass is 184 g/mol. The molecule has 0 atom stereocenters. The first-order valence-electron chi connectivity index (χ1n) is 5.56. The van der Waals surface area contributed by atoms with Gasteiger partial charge < -0.3 is 10.6 Å². The van der Waals surface area contributed by atoms with E-state index in [1.54, 1.807) is 0 Å². The highest BCUT2D eigenvalue weighted by Crippen LogP contribution is 2.29. The van der Waals surface area contributed by atoms with Gasteiger partial charge in [0, 0.05) is 0 Å². The number of nitrogens with two attached hydrogens (primary N) is 1. The Morgan fingerprint density at radius 3 is 2.69 bits per heavy atom. The molecule has 1 aliphatic rings. The van der Waals surface area contributed by atoms with Crippen LogP contribution in [0.2, 0.25) is 0 Å². The predicted molar refractivity (Wildman–Crippen MR) is 57.7 cm³/mol. The second kappa shape index (κ2) is 4.97. The van der Waals surface area contributed by atoms with Crippen molar-refractivity contribution in [3.05, 3.63) is 0 Å². The standard InChI is InChI=1S/C11H24N2/c1-11(2)5-3-8-13(10-6-11)9-4-7-12/h3-10,12H2,1-2H3. The molecule has 1 saturated heterocycles. The zero-order chi connectivity index (χ0) is 9.73. The molecule has 1 aliphatic heterocycles. The zero-order valence-corrected chi connectivity index (χ0v) is 9.18. The molecule has 0 bridgehead atoms. The predicted octanol–water partition coefficient (Wildman–Crippen LogP) is 1.85. The lowest BCUT2D eigenvalue weighted by atomic mass is 9.85. The lowest BCUT2D eigenvalue weighted by molar-refractivity contribution is 0.261. The van der Waals surface area contributed by atoms with Gasteiger partial charge in [-0.1, -0.05) is 13.8 Å². The van der Waals surface area contributed by atoms with Gasteiger partial charge >= 0.3 is 0 Å². The van der Waals surface area contributed by atoms with Crippen LogP contribution in [0, 0.1) is 5.41 Å². The summed E-state index contributed by atoms with van der Waals surface area (Å²) < 4.78 is 0. The fourth-order valence-electron chi connectivity index (χ4n) is 2.02. The van der Waals surface area contributed by atoms with Crippen molar-refractivity contribution < 1.29 is 0 Å². The van der Waals surface area contributed by atoms with Crippen LogP contribution in [0.5, 0.6) is 0 Å². The summed E-state index contributed by atoms with van der Waals surface area (Å²) >= 11 is 0. The van der Waals surface area contributed by atoms with E-state index in [0.29, 0.717) is 5.41 Å². The Morgan fingerprint density at radius 1 is 1.23 bits per heavy atom. The number of likely N-dealkylation sites (tertiary alicyclic amines) is 1. The van der Waals surface area contributed by atoms with Crippen molar-refractivity contribution in [3.8, 4) is 0 Å². The van der Waals surface area contributed by atoms with Crippen LogP contribution < -0.4 is 5.73 Å². The molecule has 0 aromatic heterocycles. The number of nitrogens with zero attached hydrogens (tertiary/aromatic N) is 1. The van der Waals surface area contributed by atoms with Crippen molar-refractivity contribution in [3.63, 3.8) is 0 Å². The first-order valence-corrected chi connectivity index (χ1v) is 5.56. The Bertz CT molecular complexity index is 143. The lowest BCUT2D eigenvalue weighted by Crippen LogP contribution is -2.27. The molecule has 0 aromatic carbocycles. The van der Waals surface area contributed by atoms with Gasteiger partial charge in [0.05, 0.1) is 0 Å². The molecule has 78 valence electrons. The maximum atomic E-state index is 5.51. The Morgan fingerprint density at radius 2 is 2.00 bits per heavy atom. The van der Waals surface area contributed by atoms with Crippen molar-refractivity contribution in [1.29, 1.82) is 0 Å². The van der Waals surface area contributed by atoms with Crippen LogP contribution in [0.15, 0.2) is 0 Å². The Hall–Kier alpha value is -0.0800. The van der Waals surface area contributed by atoms with E-state index in [2.05, 4.69) is 18.7 Å². The molecule has 1 heterocycles. The first kappa shape index (κ1) is 11.0. The molecule has 0 amide bonds. The maximum absolute atomic E-state index is 5.51. The third-order valence-electron chi connectivity index (χ3n) is 3.11. The third kappa shape index (κ3) is 4.10. The summed E-state index contributed by atoms with van der Waals surface area (Å²) in [7, 11) is 0. The van der Waals surface area contributed by atoms with Gasteiger partial charge in [-0.3, -0.25) is 0 Å². The summed E-state index contributed by atoms with van der Waals surface area (Å²) in [5.74, 6) is 0. The summed E-state index contributed by atoms with van der Waals surface area (Å²) in [6.45, 7) is 9.36. The van der Waals surface area contributed by atoms with Crippen LogP contribution in [0.25, 0.3) is 0 Å². The maximum Gasteiger partial charge on any atom is -0.000671 e. The summed E-state index contributed by atoms with van der Waals surface area (Å²) in [5.41, 5.74) is 6.08. The molecule has 1 fully saturated rings. The Labute approximate surface area is 82.5 Å². The van der Waals surface area contributed by atoms with Gasteiger partial charge in [-0.15, -0.1) is 0 Å². The molecule has 0 radical (unpaired) electrons. The van der Waals surface area contributed by atoms with Gasteiger partial charge in [-0.25, -0.2) is 0 Å². The minimum Gasteiger partial charge on any atom is -0.330 e. The van der Waals surface area contributed by atoms with Crippen molar-refractivity contribution in [2.45, 2.75) is 39.5 Å². The van der Waals surface area contributed by atoms with Crippen molar-refractivity contribution in [2.24, 2.45) is 11.1 Å². The summed E-state index contributed by atoms with van der Waals surface area (Å²) in [6, 6.07) is 0. The van der Waals surface area contributed by atoms with E-state index in [-0.39, 0.29) is 0 Å². The smallest absolute Gasteiger partial charge is 0.000671 e. The van der Waals surface area contributed by atoms with Gasteiger partial charge in [-0.05, 0) is 57.3 Å². The second-order valence-electron chi connectivity index (χ2n) is 5.00. The highest BCUT2D eigenvalue weighted by Gasteiger charge is 2.22. The van der Waals surface area contributed by atoms with E-state index in [1.165, 1.54) is 38.9 Å². The van der Waals surface area contributed by atoms with Crippen LogP contribution in [-0.2, 0) is 0 Å². The molecule has 2 heteroatoms. The van der Waals surface area contributed by atoms with Gasteiger partial charge in [0.1, 0.15) is 0 Å². The van der Waals surface area contributed by atoms with Gasteiger partial charge in [0.2, 0.25) is 0 Å². The highest BCUT2D eigenvalue weighted by molar-refractivity contribution is 4.75. The Balaban J connectivity index is 2.28. The molecule has 2 nitrogen and oxygen atoms in total. The van der Waals surface area contributed by atoms with Crippen LogP contribution in [-0.4, -0.2) is 31.1 Å². The molecule has 0 unspecified atom stereocenters. The summed E-state index contributed by atoms with van der Waals surface area (Å²) in [6.07, 6.45) is 5.24. The van der Waals surface area contributed by atoms with E-state index in [1.807, 2.05) is 0 Å². The normalized spacial score (nSPS) is 24.2. The molecular weight excluding hydrogens is 160 g/mol. The van der Waals surface area contributed by atoms with E-state index in [0.717, 1.165) is 13.0 Å². The quantitative estimate of drug-likeness (QED) is 0.725. The van der Waals surface area contributed by atoms with Crippen LogP contribution in [0.1, 0.15) is 39.5 Å². The minimum atomic E-state index is 0.567. The number of hydrogen-bond donors (Lipinski definition) is 1. The largest absolute Gasteiger partial charge is 0.330 e. The molecular formula is C11H24N2. The van der Waals surface area contributed by atoms with E-state index in [9.17, 15) is 0 Å². The highest BCUT2D eigenvalue weighted by atomic mass is 15.1. The van der Waals surface area contributed by atoms with Crippen molar-refractivity contribution in [1.82, 2.24) is 4.90 Å². The molecule has 0 aliphatic carbocycles. The van der Waals surface area contributed by atoms with Crippen LogP contribution in [0.4, 0.5) is 0 Å². The van der Waals surface area contributed by atoms with E-state index >= 15 is 0 Å². The SMILES string of the molecule is CC1(C)CCCN(CCCN)CC1. The van der Waals surface area contributed by atoms with E-state index < -0.39 is 0 Å². The number of rotatable bonds is 3. The Kier molecular flexibility index (Phi) is 4.20. The van der Waals surface area contributed by atoms with Crippen LogP contribution in [0.3, 0.4) is 0 Å². The molecule has 0 aromatic rings. The topological polar surface area (TPSA) is 29.3 Å². The average molecular weight is 184 g/mol. The molecule has 0 spiro atoms. The van der Waals surface area contributed by atoms with E-state index in [4.69, 9.17) is 5.73 Å². The number of hydrogen-bond acceptors (Lipinski definition) is 2. The fourth-order valence-corrected chi connectivity index (χ4v) is 2.02. The molecule has 13 heavy (non-hydrogen) atoms. The fraction of sp³-hybridized carbons (Fsp3) is 1.00. The lowest BCUT2D eigenvalue weighted by Gasteiger charge is -2.23. The van der Waals surface area contributed by atoms with Gasteiger partial charge in [-0.2, -0.15) is 0 Å². The third-order valence-corrected chi connectivity index (χ3v) is 3.11. The average Bonchev–Trinajstić information content (AvgIpc) is 2.23. The van der Waals surface area contributed by atoms with Gasteiger partial charge in [0.15, 0.2) is 0 Å². The molecule has 0 saturated carbocycles. The molecule has 1 rings (SSSR count).